The second-order valence-corrected chi connectivity index (χ2v) is 8.65. The topological polar surface area (TPSA) is 34.1 Å². The maximum absolute atomic E-state index is 11.5. The summed E-state index contributed by atoms with van der Waals surface area (Å²) < 4.78 is 23.0. The Morgan fingerprint density at radius 2 is 1.94 bits per heavy atom. The van der Waals surface area contributed by atoms with Crippen molar-refractivity contribution in [3.05, 3.63) is 0 Å². The first kappa shape index (κ1) is 15.3. The largest absolute Gasteiger partial charge is 0.229 e. The van der Waals surface area contributed by atoms with Crippen LogP contribution in [0.5, 0.6) is 0 Å². The second kappa shape index (κ2) is 6.42. The van der Waals surface area contributed by atoms with Gasteiger partial charge in [-0.05, 0) is 43.4 Å². The van der Waals surface area contributed by atoms with Crippen LogP contribution in [0.4, 0.5) is 0 Å². The molecule has 0 spiro atoms. The fourth-order valence-electron chi connectivity index (χ4n) is 2.64. The first-order chi connectivity index (χ1) is 7.85. The van der Waals surface area contributed by atoms with Crippen molar-refractivity contribution in [3.8, 4) is 0 Å². The lowest BCUT2D eigenvalue weighted by Crippen LogP contribution is -2.29. The van der Waals surface area contributed by atoms with E-state index < -0.39 is 9.84 Å². The van der Waals surface area contributed by atoms with Gasteiger partial charge in [0.25, 0.3) is 0 Å². The maximum Gasteiger partial charge on any atom is 0.150 e. The molecule has 0 bridgehead atoms. The van der Waals surface area contributed by atoms with Crippen LogP contribution in [-0.2, 0) is 9.84 Å². The summed E-state index contributed by atoms with van der Waals surface area (Å²) in [6.07, 6.45) is 4.09. The smallest absolute Gasteiger partial charge is 0.150 e. The molecule has 0 saturated heterocycles. The quantitative estimate of drug-likeness (QED) is 0.723. The minimum atomic E-state index is -2.84. The van der Waals surface area contributed by atoms with Gasteiger partial charge in [-0.3, -0.25) is 0 Å². The van der Waals surface area contributed by atoms with Gasteiger partial charge in [-0.1, -0.05) is 20.8 Å². The van der Waals surface area contributed by atoms with Gasteiger partial charge < -0.3 is 0 Å². The van der Waals surface area contributed by atoms with Gasteiger partial charge in [-0.25, -0.2) is 8.42 Å². The van der Waals surface area contributed by atoms with Crippen molar-refractivity contribution < 1.29 is 8.42 Å². The summed E-state index contributed by atoms with van der Waals surface area (Å²) in [5.41, 5.74) is 0. The number of hydrogen-bond donors (Lipinski definition) is 0. The molecule has 1 aliphatic rings. The molecule has 102 valence electrons. The molecule has 0 heterocycles. The summed E-state index contributed by atoms with van der Waals surface area (Å²) in [5.74, 6) is 2.35. The third kappa shape index (κ3) is 4.78. The predicted octanol–water partition coefficient (Wildman–Crippen LogP) is 3.49. The Balaban J connectivity index is 2.51. The fraction of sp³-hybridized carbons (Fsp3) is 1.00. The molecule has 0 amide bonds. The van der Waals surface area contributed by atoms with Gasteiger partial charge in [0, 0.05) is 11.1 Å². The van der Waals surface area contributed by atoms with E-state index in [-0.39, 0.29) is 11.1 Å². The Morgan fingerprint density at radius 1 is 1.29 bits per heavy atom. The normalized spacial score (nSPS) is 30.8. The molecule has 1 saturated carbocycles. The average Bonchev–Trinajstić information content (AvgIpc) is 2.27. The molecule has 3 atom stereocenters. The van der Waals surface area contributed by atoms with Crippen molar-refractivity contribution in [1.29, 1.82) is 0 Å². The zero-order valence-corrected chi connectivity index (χ0v) is 12.7. The summed E-state index contributed by atoms with van der Waals surface area (Å²) in [6.45, 7) is 6.21. The van der Waals surface area contributed by atoms with E-state index in [2.05, 4.69) is 13.8 Å². The Morgan fingerprint density at radius 3 is 2.47 bits per heavy atom. The molecule has 0 aromatic carbocycles. The Kier molecular flexibility index (Phi) is 5.78. The third-order valence-electron chi connectivity index (χ3n) is 4.11. The third-order valence-corrected chi connectivity index (χ3v) is 6.42. The van der Waals surface area contributed by atoms with Crippen LogP contribution in [0.2, 0.25) is 0 Å². The van der Waals surface area contributed by atoms with Crippen molar-refractivity contribution in [3.63, 3.8) is 0 Å². The van der Waals surface area contributed by atoms with Crippen LogP contribution in [-0.4, -0.2) is 25.3 Å². The van der Waals surface area contributed by atoms with Crippen LogP contribution in [0.3, 0.4) is 0 Å². The lowest BCUT2D eigenvalue weighted by Gasteiger charge is -2.35. The molecule has 1 rings (SSSR count). The van der Waals surface area contributed by atoms with Crippen molar-refractivity contribution in [2.75, 3.05) is 11.5 Å². The molecule has 0 radical (unpaired) electrons. The zero-order valence-electron chi connectivity index (χ0n) is 11.2. The highest BCUT2D eigenvalue weighted by molar-refractivity contribution is 7.91. The van der Waals surface area contributed by atoms with Gasteiger partial charge in [0.2, 0.25) is 0 Å². The van der Waals surface area contributed by atoms with Crippen molar-refractivity contribution in [1.82, 2.24) is 0 Å². The van der Waals surface area contributed by atoms with Gasteiger partial charge in [0.15, 0.2) is 0 Å². The molecular formula is C13H25ClO2S. The molecule has 4 heteroatoms. The van der Waals surface area contributed by atoms with E-state index in [4.69, 9.17) is 11.6 Å². The summed E-state index contributed by atoms with van der Waals surface area (Å²) in [4.78, 5) is 0. The van der Waals surface area contributed by atoms with E-state index in [0.29, 0.717) is 17.6 Å². The molecule has 0 aromatic rings. The molecule has 2 nitrogen and oxygen atoms in total. The Bertz CT molecular complexity index is 324. The highest BCUT2D eigenvalue weighted by Gasteiger charge is 2.31. The van der Waals surface area contributed by atoms with Crippen LogP contribution >= 0.6 is 11.6 Å². The van der Waals surface area contributed by atoms with Crippen molar-refractivity contribution in [2.24, 2.45) is 17.8 Å². The van der Waals surface area contributed by atoms with Gasteiger partial charge in [-0.15, -0.1) is 11.6 Å². The van der Waals surface area contributed by atoms with E-state index in [1.165, 1.54) is 6.42 Å². The van der Waals surface area contributed by atoms with Crippen molar-refractivity contribution in [2.45, 2.75) is 51.8 Å². The molecule has 17 heavy (non-hydrogen) atoms. The number of rotatable bonds is 5. The lowest BCUT2D eigenvalue weighted by molar-refractivity contribution is 0.215. The summed E-state index contributed by atoms with van der Waals surface area (Å²) in [5, 5.41) is 0.178. The minimum Gasteiger partial charge on any atom is -0.229 e. The molecule has 1 aliphatic carbocycles. The van der Waals surface area contributed by atoms with E-state index in [1.54, 1.807) is 6.92 Å². The Labute approximate surface area is 111 Å². The fourth-order valence-corrected chi connectivity index (χ4v) is 3.95. The van der Waals surface area contributed by atoms with Crippen molar-refractivity contribution >= 4 is 21.4 Å². The highest BCUT2D eigenvalue weighted by atomic mass is 35.5. The van der Waals surface area contributed by atoms with Gasteiger partial charge >= 0.3 is 0 Å². The molecule has 0 aliphatic heterocycles. The molecule has 3 unspecified atom stereocenters. The molecule has 0 N–H and O–H groups in total. The lowest BCUT2D eigenvalue weighted by atomic mass is 9.75. The highest BCUT2D eigenvalue weighted by Crippen LogP contribution is 2.38. The predicted molar refractivity (Wildman–Crippen MR) is 74.3 cm³/mol. The number of hydrogen-bond acceptors (Lipinski definition) is 2. The standard InChI is InChI=1S/C13H25ClO2S/c1-4-17(15,16)8-7-12-9-11(10(2)3)5-6-13(12)14/h10-13H,4-9H2,1-3H3. The molecular weight excluding hydrogens is 256 g/mol. The van der Waals surface area contributed by atoms with Crippen LogP contribution in [0, 0.1) is 17.8 Å². The van der Waals surface area contributed by atoms with Crippen LogP contribution < -0.4 is 0 Å². The minimum absolute atomic E-state index is 0.178. The van der Waals surface area contributed by atoms with Crippen LogP contribution in [0.25, 0.3) is 0 Å². The number of sulfone groups is 1. The van der Waals surface area contributed by atoms with E-state index in [9.17, 15) is 8.42 Å². The number of alkyl halides is 1. The SMILES string of the molecule is CCS(=O)(=O)CCC1CC(C(C)C)CCC1Cl. The second-order valence-electron chi connectivity index (χ2n) is 5.62. The van der Waals surface area contributed by atoms with E-state index >= 15 is 0 Å². The first-order valence-electron chi connectivity index (χ1n) is 6.70. The van der Waals surface area contributed by atoms with Gasteiger partial charge in [0.1, 0.15) is 9.84 Å². The summed E-state index contributed by atoms with van der Waals surface area (Å²) >= 11 is 6.33. The Hall–Kier alpha value is 0.240. The molecule has 1 fully saturated rings. The first-order valence-corrected chi connectivity index (χ1v) is 8.96. The van der Waals surface area contributed by atoms with Crippen LogP contribution in [0.15, 0.2) is 0 Å². The van der Waals surface area contributed by atoms with Crippen LogP contribution in [0.1, 0.15) is 46.5 Å². The number of halogens is 1. The summed E-state index contributed by atoms with van der Waals surface area (Å²) in [6, 6.07) is 0. The average molecular weight is 281 g/mol. The van der Waals surface area contributed by atoms with E-state index in [0.717, 1.165) is 25.2 Å². The summed E-state index contributed by atoms with van der Waals surface area (Å²) in [7, 11) is -2.84. The zero-order chi connectivity index (χ0) is 13.1. The van der Waals surface area contributed by atoms with Gasteiger partial charge in [0.05, 0.1) is 5.75 Å². The van der Waals surface area contributed by atoms with Gasteiger partial charge in [-0.2, -0.15) is 0 Å². The van der Waals surface area contributed by atoms with E-state index in [1.807, 2.05) is 0 Å². The molecule has 0 aromatic heterocycles. The maximum atomic E-state index is 11.5. The monoisotopic (exact) mass is 280 g/mol.